The number of epoxide rings is 2. The topological polar surface area (TPSA) is 126 Å². The Morgan fingerprint density at radius 2 is 1.48 bits per heavy atom. The van der Waals surface area contributed by atoms with Crippen molar-refractivity contribution >= 4 is 17.5 Å². The van der Waals surface area contributed by atoms with E-state index >= 15 is 0 Å². The summed E-state index contributed by atoms with van der Waals surface area (Å²) >= 11 is 0. The van der Waals surface area contributed by atoms with Crippen LogP contribution in [0.25, 0.3) is 0 Å². The van der Waals surface area contributed by atoms with E-state index in [-0.39, 0.29) is 29.0 Å². The Kier molecular flexibility index (Phi) is 4.22. The first-order chi connectivity index (χ1) is 11.0. The predicted octanol–water partition coefficient (Wildman–Crippen LogP) is -0.148. The molecule has 2 aliphatic heterocycles. The molecule has 1 aromatic rings. The van der Waals surface area contributed by atoms with Crippen LogP contribution in [0.5, 0.6) is 0 Å². The van der Waals surface area contributed by atoms with Crippen LogP contribution < -0.4 is 10.6 Å². The summed E-state index contributed by atoms with van der Waals surface area (Å²) in [6.45, 7) is 1.85. The van der Waals surface area contributed by atoms with Gasteiger partial charge in [-0.2, -0.15) is 0 Å². The van der Waals surface area contributed by atoms with Crippen LogP contribution in [0.1, 0.15) is 20.7 Å². The number of nitrogens with one attached hydrogen (secondary N) is 2. The highest BCUT2D eigenvalue weighted by Gasteiger charge is 2.25. The SMILES string of the molecule is O=C(NCC1CO1)c1cc(C(=O)NCC2CO2)cc([N+](=O)[O-])c1. The number of nitro groups is 1. The molecule has 2 heterocycles. The summed E-state index contributed by atoms with van der Waals surface area (Å²) in [4.78, 5) is 34.5. The number of carbonyl (C=O) groups is 2. The Labute approximate surface area is 131 Å². The van der Waals surface area contributed by atoms with Crippen molar-refractivity contribution in [2.45, 2.75) is 12.2 Å². The Hall–Kier alpha value is -2.52. The van der Waals surface area contributed by atoms with Gasteiger partial charge in [-0.05, 0) is 6.07 Å². The number of benzene rings is 1. The average molecular weight is 321 g/mol. The summed E-state index contributed by atoms with van der Waals surface area (Å²) in [5.74, 6) is -0.965. The van der Waals surface area contributed by atoms with Crippen LogP contribution in [0.2, 0.25) is 0 Å². The Morgan fingerprint density at radius 3 is 1.83 bits per heavy atom. The van der Waals surface area contributed by atoms with E-state index in [1.807, 2.05) is 0 Å². The standard InChI is InChI=1S/C14H15N3O6/c18-13(15-4-11-6-22-11)8-1-9(3-10(2-8)17(20)21)14(19)16-5-12-7-23-12/h1-3,11-12H,4-7H2,(H,15,18)(H,16,19). The van der Waals surface area contributed by atoms with E-state index in [4.69, 9.17) is 9.47 Å². The van der Waals surface area contributed by atoms with Crippen LogP contribution in [0, 0.1) is 10.1 Å². The largest absolute Gasteiger partial charge is 0.371 e. The van der Waals surface area contributed by atoms with Gasteiger partial charge in [-0.3, -0.25) is 19.7 Å². The van der Waals surface area contributed by atoms with Crippen LogP contribution in [-0.4, -0.2) is 55.2 Å². The molecular weight excluding hydrogens is 306 g/mol. The number of nitro benzene ring substituents is 1. The maximum atomic E-state index is 12.1. The molecule has 122 valence electrons. The minimum Gasteiger partial charge on any atom is -0.371 e. The van der Waals surface area contributed by atoms with Gasteiger partial charge in [0.25, 0.3) is 17.5 Å². The van der Waals surface area contributed by atoms with Crippen molar-refractivity contribution in [3.8, 4) is 0 Å². The van der Waals surface area contributed by atoms with Crippen LogP contribution in [-0.2, 0) is 9.47 Å². The van der Waals surface area contributed by atoms with E-state index in [0.29, 0.717) is 26.3 Å². The Balaban J connectivity index is 1.74. The highest BCUT2D eigenvalue weighted by molar-refractivity contribution is 6.00. The Morgan fingerprint density at radius 1 is 1.04 bits per heavy atom. The fourth-order valence-corrected chi connectivity index (χ4v) is 1.97. The van der Waals surface area contributed by atoms with Crippen LogP contribution >= 0.6 is 0 Å². The maximum Gasteiger partial charge on any atom is 0.271 e. The van der Waals surface area contributed by atoms with Gasteiger partial charge in [0.1, 0.15) is 0 Å². The molecule has 2 amide bonds. The second kappa shape index (κ2) is 6.31. The molecule has 0 bridgehead atoms. The zero-order valence-electron chi connectivity index (χ0n) is 12.1. The third kappa shape index (κ3) is 4.24. The second-order valence-corrected chi connectivity index (χ2v) is 5.36. The van der Waals surface area contributed by atoms with Gasteiger partial charge in [-0.25, -0.2) is 0 Å². The first-order valence-electron chi connectivity index (χ1n) is 7.12. The first-order valence-corrected chi connectivity index (χ1v) is 7.12. The summed E-state index contributed by atoms with van der Waals surface area (Å²) in [6.07, 6.45) is -0.00193. The van der Waals surface area contributed by atoms with Crippen LogP contribution in [0.4, 0.5) is 5.69 Å². The number of hydrogen-bond acceptors (Lipinski definition) is 6. The molecule has 3 rings (SSSR count). The van der Waals surface area contributed by atoms with E-state index in [1.54, 1.807) is 0 Å². The van der Waals surface area contributed by atoms with E-state index in [1.165, 1.54) is 6.07 Å². The normalized spacial score (nSPS) is 21.4. The molecule has 2 atom stereocenters. The lowest BCUT2D eigenvalue weighted by Crippen LogP contribution is -2.29. The van der Waals surface area contributed by atoms with Crippen molar-refractivity contribution in [1.82, 2.24) is 10.6 Å². The van der Waals surface area contributed by atoms with E-state index in [9.17, 15) is 19.7 Å². The molecule has 2 saturated heterocycles. The number of ether oxygens (including phenoxy) is 2. The molecule has 23 heavy (non-hydrogen) atoms. The predicted molar refractivity (Wildman–Crippen MR) is 77.2 cm³/mol. The van der Waals surface area contributed by atoms with Crippen molar-refractivity contribution in [2.75, 3.05) is 26.3 Å². The average Bonchev–Trinajstić information content (AvgIpc) is 3.44. The van der Waals surface area contributed by atoms with Crippen molar-refractivity contribution in [3.63, 3.8) is 0 Å². The number of carbonyl (C=O) groups excluding carboxylic acids is 2. The molecule has 0 aromatic heterocycles. The lowest BCUT2D eigenvalue weighted by molar-refractivity contribution is -0.384. The molecule has 0 spiro atoms. The van der Waals surface area contributed by atoms with Gasteiger partial charge in [0.2, 0.25) is 0 Å². The van der Waals surface area contributed by atoms with Gasteiger partial charge in [-0.1, -0.05) is 0 Å². The van der Waals surface area contributed by atoms with Gasteiger partial charge < -0.3 is 20.1 Å². The lowest BCUT2D eigenvalue weighted by atomic mass is 10.1. The quantitative estimate of drug-likeness (QED) is 0.408. The number of rotatable bonds is 7. The van der Waals surface area contributed by atoms with Crippen molar-refractivity contribution in [3.05, 3.63) is 39.4 Å². The molecule has 9 nitrogen and oxygen atoms in total. The van der Waals surface area contributed by atoms with Crippen molar-refractivity contribution < 1.29 is 24.0 Å². The minimum absolute atomic E-state index is 0.000964. The molecular formula is C14H15N3O6. The van der Waals surface area contributed by atoms with E-state index in [0.717, 1.165) is 12.1 Å². The molecule has 1 aromatic carbocycles. The molecule has 0 radical (unpaired) electrons. The lowest BCUT2D eigenvalue weighted by Gasteiger charge is -2.07. The minimum atomic E-state index is -0.637. The molecule has 2 N–H and O–H groups in total. The van der Waals surface area contributed by atoms with Crippen molar-refractivity contribution in [2.24, 2.45) is 0 Å². The summed E-state index contributed by atoms with van der Waals surface area (Å²) in [5.41, 5.74) is -0.187. The number of amides is 2. The smallest absolute Gasteiger partial charge is 0.271 e. The monoisotopic (exact) mass is 321 g/mol. The van der Waals surface area contributed by atoms with E-state index < -0.39 is 16.7 Å². The third-order valence-electron chi connectivity index (χ3n) is 3.44. The van der Waals surface area contributed by atoms with E-state index in [2.05, 4.69) is 10.6 Å². The van der Waals surface area contributed by atoms with Crippen molar-refractivity contribution in [1.29, 1.82) is 0 Å². The van der Waals surface area contributed by atoms with Gasteiger partial charge in [0, 0.05) is 36.3 Å². The van der Waals surface area contributed by atoms with Gasteiger partial charge in [-0.15, -0.1) is 0 Å². The number of hydrogen-bond donors (Lipinski definition) is 2. The molecule has 2 fully saturated rings. The Bertz CT molecular complexity index is 608. The molecule has 9 heteroatoms. The fraction of sp³-hybridized carbons (Fsp3) is 0.429. The highest BCUT2D eigenvalue weighted by atomic mass is 16.6. The van der Waals surface area contributed by atoms with Gasteiger partial charge in [0.15, 0.2) is 0 Å². The van der Waals surface area contributed by atoms with Gasteiger partial charge >= 0.3 is 0 Å². The number of nitrogens with zero attached hydrogens (tertiary/aromatic N) is 1. The van der Waals surface area contributed by atoms with Gasteiger partial charge in [0.05, 0.1) is 30.3 Å². The zero-order chi connectivity index (χ0) is 16.4. The third-order valence-corrected chi connectivity index (χ3v) is 3.44. The highest BCUT2D eigenvalue weighted by Crippen LogP contribution is 2.18. The zero-order valence-corrected chi connectivity index (χ0v) is 12.1. The van der Waals surface area contributed by atoms with Crippen LogP contribution in [0.3, 0.4) is 0 Å². The molecule has 0 aliphatic carbocycles. The molecule has 0 saturated carbocycles. The molecule has 2 aliphatic rings. The summed E-state index contributed by atoms with van der Waals surface area (Å²) in [7, 11) is 0. The van der Waals surface area contributed by atoms with Crippen LogP contribution in [0.15, 0.2) is 18.2 Å². The second-order valence-electron chi connectivity index (χ2n) is 5.36. The summed E-state index contributed by atoms with van der Waals surface area (Å²) in [6, 6.07) is 3.62. The fourth-order valence-electron chi connectivity index (χ4n) is 1.97. The summed E-state index contributed by atoms with van der Waals surface area (Å²) in [5, 5.41) is 16.2. The maximum absolute atomic E-state index is 12.1. The first kappa shape index (κ1) is 15.4. The summed E-state index contributed by atoms with van der Waals surface area (Å²) < 4.78 is 9.96. The molecule has 2 unspecified atom stereocenters. The number of non-ortho nitro benzene ring substituents is 1.